The zero-order chi connectivity index (χ0) is 12.1. The van der Waals surface area contributed by atoms with Gasteiger partial charge < -0.3 is 0 Å². The SMILES string of the molecule is CCCCCc1cc(Br)c(C(F)F)cc1C. The molecule has 0 saturated heterocycles. The van der Waals surface area contributed by atoms with E-state index in [4.69, 9.17) is 0 Å². The van der Waals surface area contributed by atoms with Crippen LogP contribution in [0.15, 0.2) is 16.6 Å². The molecule has 0 spiro atoms. The number of hydrogen-bond donors (Lipinski definition) is 0. The number of alkyl halides is 2. The fourth-order valence-electron chi connectivity index (χ4n) is 1.75. The molecule has 0 unspecified atom stereocenters. The van der Waals surface area contributed by atoms with Crippen molar-refractivity contribution in [1.82, 2.24) is 0 Å². The molecule has 0 atom stereocenters. The summed E-state index contributed by atoms with van der Waals surface area (Å²) >= 11 is 3.21. The first-order chi connectivity index (χ1) is 7.56. The number of halogens is 3. The molecule has 0 saturated carbocycles. The van der Waals surface area contributed by atoms with Crippen molar-refractivity contribution in [2.45, 2.75) is 46.0 Å². The van der Waals surface area contributed by atoms with E-state index in [1.54, 1.807) is 6.07 Å². The number of unbranched alkanes of at least 4 members (excludes halogenated alkanes) is 2. The maximum absolute atomic E-state index is 12.6. The fraction of sp³-hybridized carbons (Fsp3) is 0.538. The molecule has 0 radical (unpaired) electrons. The highest BCUT2D eigenvalue weighted by molar-refractivity contribution is 9.10. The Hall–Kier alpha value is -0.440. The van der Waals surface area contributed by atoms with Crippen molar-refractivity contribution in [3.63, 3.8) is 0 Å². The topological polar surface area (TPSA) is 0 Å². The van der Waals surface area contributed by atoms with E-state index in [9.17, 15) is 8.78 Å². The average Bonchev–Trinajstić information content (AvgIpc) is 2.22. The molecule has 0 bridgehead atoms. The van der Waals surface area contributed by atoms with Crippen LogP contribution in [-0.2, 0) is 6.42 Å². The van der Waals surface area contributed by atoms with E-state index in [0.717, 1.165) is 18.4 Å². The number of aryl methyl sites for hydroxylation is 2. The van der Waals surface area contributed by atoms with E-state index >= 15 is 0 Å². The Labute approximate surface area is 104 Å². The van der Waals surface area contributed by atoms with Crippen LogP contribution in [0.2, 0.25) is 0 Å². The van der Waals surface area contributed by atoms with Crippen molar-refractivity contribution in [1.29, 1.82) is 0 Å². The molecule has 1 rings (SSSR count). The molecule has 16 heavy (non-hydrogen) atoms. The zero-order valence-electron chi connectivity index (χ0n) is 9.69. The lowest BCUT2D eigenvalue weighted by atomic mass is 10.00. The quantitative estimate of drug-likeness (QED) is 0.635. The zero-order valence-corrected chi connectivity index (χ0v) is 11.3. The molecule has 0 nitrogen and oxygen atoms in total. The Morgan fingerprint density at radius 3 is 2.50 bits per heavy atom. The predicted molar refractivity (Wildman–Crippen MR) is 67.1 cm³/mol. The number of benzene rings is 1. The molecule has 3 heteroatoms. The van der Waals surface area contributed by atoms with Crippen molar-refractivity contribution in [3.05, 3.63) is 33.3 Å². The van der Waals surface area contributed by atoms with Gasteiger partial charge in [-0.15, -0.1) is 0 Å². The molecule has 0 aromatic heterocycles. The van der Waals surface area contributed by atoms with E-state index in [-0.39, 0.29) is 5.56 Å². The van der Waals surface area contributed by atoms with Gasteiger partial charge in [0.25, 0.3) is 6.43 Å². The maximum atomic E-state index is 12.6. The van der Waals surface area contributed by atoms with E-state index in [2.05, 4.69) is 22.9 Å². The van der Waals surface area contributed by atoms with Crippen LogP contribution in [0.1, 0.15) is 49.3 Å². The summed E-state index contributed by atoms with van der Waals surface area (Å²) in [5, 5.41) is 0. The Balaban J connectivity index is 2.84. The number of rotatable bonds is 5. The van der Waals surface area contributed by atoms with Crippen molar-refractivity contribution >= 4 is 15.9 Å². The van der Waals surface area contributed by atoms with Gasteiger partial charge in [0, 0.05) is 10.0 Å². The van der Waals surface area contributed by atoms with Crippen molar-refractivity contribution in [2.75, 3.05) is 0 Å². The first kappa shape index (κ1) is 13.6. The third-order valence-electron chi connectivity index (χ3n) is 2.74. The molecule has 0 aliphatic heterocycles. The standard InChI is InChI=1S/C13H17BrF2/c1-3-4-5-6-10-8-12(14)11(13(15)16)7-9(10)2/h7-8,13H,3-6H2,1-2H3. The minimum Gasteiger partial charge on any atom is -0.205 e. The molecule has 90 valence electrons. The fourth-order valence-corrected chi connectivity index (χ4v) is 2.31. The summed E-state index contributed by atoms with van der Waals surface area (Å²) in [5.74, 6) is 0. The second kappa shape index (κ2) is 6.33. The summed E-state index contributed by atoms with van der Waals surface area (Å²) in [6, 6.07) is 3.43. The largest absolute Gasteiger partial charge is 0.264 e. The van der Waals surface area contributed by atoms with Gasteiger partial charge in [-0.25, -0.2) is 8.78 Å². The normalized spacial score (nSPS) is 11.1. The monoisotopic (exact) mass is 290 g/mol. The van der Waals surface area contributed by atoms with Crippen LogP contribution in [0.4, 0.5) is 8.78 Å². The van der Waals surface area contributed by atoms with Gasteiger partial charge in [-0.3, -0.25) is 0 Å². The lowest BCUT2D eigenvalue weighted by Gasteiger charge is -2.10. The minimum absolute atomic E-state index is 0.0942. The molecular formula is C13H17BrF2. The Kier molecular flexibility index (Phi) is 5.39. The smallest absolute Gasteiger partial charge is 0.205 e. The highest BCUT2D eigenvalue weighted by atomic mass is 79.9. The molecule has 0 N–H and O–H groups in total. The molecule has 1 aromatic carbocycles. The van der Waals surface area contributed by atoms with E-state index in [0.29, 0.717) is 4.47 Å². The molecule has 0 amide bonds. The van der Waals surface area contributed by atoms with Gasteiger partial charge in [0.1, 0.15) is 0 Å². The molecule has 0 heterocycles. The Bertz CT molecular complexity index is 348. The van der Waals surface area contributed by atoms with Crippen LogP contribution in [-0.4, -0.2) is 0 Å². The summed E-state index contributed by atoms with van der Waals surface area (Å²) in [7, 11) is 0. The highest BCUT2D eigenvalue weighted by Gasteiger charge is 2.13. The molecule has 1 aromatic rings. The minimum atomic E-state index is -2.40. The molecule has 0 aliphatic carbocycles. The summed E-state index contributed by atoms with van der Waals surface area (Å²) in [6.45, 7) is 4.06. The molecule has 0 aliphatic rings. The van der Waals surface area contributed by atoms with Crippen LogP contribution >= 0.6 is 15.9 Å². The lowest BCUT2D eigenvalue weighted by molar-refractivity contribution is 0.150. The molecular weight excluding hydrogens is 274 g/mol. The van der Waals surface area contributed by atoms with Gasteiger partial charge in [-0.1, -0.05) is 35.7 Å². The van der Waals surface area contributed by atoms with Gasteiger partial charge in [0.2, 0.25) is 0 Å². The predicted octanol–water partition coefficient (Wildman–Crippen LogP) is 5.43. The second-order valence-electron chi connectivity index (χ2n) is 4.06. The van der Waals surface area contributed by atoms with E-state index < -0.39 is 6.43 Å². The van der Waals surface area contributed by atoms with Gasteiger partial charge in [-0.05, 0) is 43.0 Å². The maximum Gasteiger partial charge on any atom is 0.264 e. The number of hydrogen-bond acceptors (Lipinski definition) is 0. The summed E-state index contributed by atoms with van der Waals surface area (Å²) in [6.07, 6.45) is 2.06. The summed E-state index contributed by atoms with van der Waals surface area (Å²) < 4.78 is 25.8. The van der Waals surface area contributed by atoms with Crippen molar-refractivity contribution in [3.8, 4) is 0 Å². The van der Waals surface area contributed by atoms with Crippen molar-refractivity contribution in [2.24, 2.45) is 0 Å². The van der Waals surface area contributed by atoms with Gasteiger partial charge in [0.05, 0.1) is 0 Å². The van der Waals surface area contributed by atoms with Gasteiger partial charge in [0.15, 0.2) is 0 Å². The highest BCUT2D eigenvalue weighted by Crippen LogP contribution is 2.30. The van der Waals surface area contributed by atoms with E-state index in [1.165, 1.54) is 18.4 Å². The van der Waals surface area contributed by atoms with Crippen LogP contribution in [0.5, 0.6) is 0 Å². The Morgan fingerprint density at radius 1 is 1.25 bits per heavy atom. The Morgan fingerprint density at radius 2 is 1.94 bits per heavy atom. The third kappa shape index (κ3) is 3.55. The lowest BCUT2D eigenvalue weighted by Crippen LogP contribution is -1.95. The van der Waals surface area contributed by atoms with Gasteiger partial charge >= 0.3 is 0 Å². The van der Waals surface area contributed by atoms with Gasteiger partial charge in [-0.2, -0.15) is 0 Å². The summed E-state index contributed by atoms with van der Waals surface area (Å²) in [5.41, 5.74) is 2.23. The van der Waals surface area contributed by atoms with Crippen LogP contribution in [0.25, 0.3) is 0 Å². The van der Waals surface area contributed by atoms with Crippen LogP contribution in [0.3, 0.4) is 0 Å². The van der Waals surface area contributed by atoms with E-state index in [1.807, 2.05) is 13.0 Å². The summed E-state index contributed by atoms with van der Waals surface area (Å²) in [4.78, 5) is 0. The van der Waals surface area contributed by atoms with Crippen LogP contribution < -0.4 is 0 Å². The average molecular weight is 291 g/mol. The first-order valence-corrected chi connectivity index (χ1v) is 6.42. The van der Waals surface area contributed by atoms with Crippen LogP contribution in [0, 0.1) is 6.92 Å². The second-order valence-corrected chi connectivity index (χ2v) is 4.91. The molecule has 0 fully saturated rings. The first-order valence-electron chi connectivity index (χ1n) is 5.63. The third-order valence-corrected chi connectivity index (χ3v) is 3.43. The van der Waals surface area contributed by atoms with Crippen molar-refractivity contribution < 1.29 is 8.78 Å².